The third-order valence-corrected chi connectivity index (χ3v) is 5.17. The third kappa shape index (κ3) is 6.33. The van der Waals surface area contributed by atoms with E-state index in [0.29, 0.717) is 23.7 Å². The highest BCUT2D eigenvalue weighted by atomic mass is 31.0. The van der Waals surface area contributed by atoms with E-state index in [2.05, 4.69) is 13.8 Å². The van der Waals surface area contributed by atoms with Gasteiger partial charge in [-0.2, -0.15) is 0 Å². The monoisotopic (exact) mass is 415 g/mol. The van der Waals surface area contributed by atoms with Gasteiger partial charge < -0.3 is 4.74 Å². The van der Waals surface area contributed by atoms with Crippen LogP contribution in [-0.4, -0.2) is 18.4 Å². The van der Waals surface area contributed by atoms with E-state index in [4.69, 9.17) is 9.30 Å². The first kappa shape index (κ1) is 24.7. The van der Waals surface area contributed by atoms with Gasteiger partial charge in [-0.15, -0.1) is 0 Å². The van der Waals surface area contributed by atoms with Crippen molar-refractivity contribution in [1.29, 1.82) is 0 Å². The number of ether oxygens (including phenoxy) is 1. The lowest BCUT2D eigenvalue weighted by atomic mass is 9.84. The minimum Gasteiger partial charge on any atom is -0.465 e. The Morgan fingerprint density at radius 2 is 1.52 bits per heavy atom. The number of carbonyl (C=O) groups excluding carboxylic acids is 2. The van der Waals surface area contributed by atoms with Crippen molar-refractivity contribution in [2.45, 2.75) is 53.9 Å². The van der Waals surface area contributed by atoms with Gasteiger partial charge in [0, 0.05) is 5.56 Å². The molecular weight excluding hydrogens is 383 g/mol. The summed E-state index contributed by atoms with van der Waals surface area (Å²) in [6, 6.07) is 11.2. The number of aryl methyl sites for hydroxylation is 2. The van der Waals surface area contributed by atoms with E-state index in [1.54, 1.807) is 0 Å². The molecule has 0 saturated heterocycles. The number of ketones is 1. The van der Waals surface area contributed by atoms with Gasteiger partial charge in [-0.1, -0.05) is 54.8 Å². The lowest BCUT2D eigenvalue weighted by Crippen LogP contribution is -2.26. The highest BCUT2D eigenvalue weighted by Crippen LogP contribution is 2.29. The summed E-state index contributed by atoms with van der Waals surface area (Å²) >= 11 is 0. The number of esters is 1. The molecule has 156 valence electrons. The number of hydrogen-bond acceptors (Lipinski definition) is 4. The summed E-state index contributed by atoms with van der Waals surface area (Å²) in [7, 11) is 1.17. The van der Waals surface area contributed by atoms with Crippen LogP contribution >= 0.6 is 9.12 Å². The van der Waals surface area contributed by atoms with Crippen molar-refractivity contribution in [2.24, 2.45) is 5.92 Å². The van der Waals surface area contributed by atoms with E-state index in [1.165, 1.54) is 9.12 Å². The van der Waals surface area contributed by atoms with E-state index in [-0.39, 0.29) is 5.78 Å². The molecule has 0 fully saturated rings. The Kier molecular flexibility index (Phi) is 9.91. The Morgan fingerprint density at radius 1 is 0.931 bits per heavy atom. The van der Waals surface area contributed by atoms with Gasteiger partial charge in [0.15, 0.2) is 5.78 Å². The Bertz CT molecular complexity index is 844. The number of Topliss-reactive ketones (excluding diaryl/α,β-unsaturated/α-hetero) is 1. The summed E-state index contributed by atoms with van der Waals surface area (Å²) in [6.45, 7) is 12.4. The summed E-state index contributed by atoms with van der Waals surface area (Å²) in [4.78, 5) is 26.4. The van der Waals surface area contributed by atoms with Crippen LogP contribution in [0.15, 0.2) is 36.4 Å². The smallest absolute Gasteiger partial charge is 0.321 e. The first-order valence-electron chi connectivity index (χ1n) is 9.80. The van der Waals surface area contributed by atoms with Crippen LogP contribution in [-0.2, 0) is 14.1 Å². The Balaban J connectivity index is 0.00000204. The van der Waals surface area contributed by atoms with E-state index >= 15 is 0 Å². The van der Waals surface area contributed by atoms with Crippen molar-refractivity contribution in [3.05, 3.63) is 69.8 Å². The molecular formula is C24H32O4P+. The average molecular weight is 415 g/mol. The van der Waals surface area contributed by atoms with Crippen LogP contribution in [0.4, 0.5) is 0 Å². The molecule has 0 N–H and O–H groups in total. The molecule has 0 amide bonds. The predicted molar refractivity (Wildman–Crippen MR) is 120 cm³/mol. The van der Waals surface area contributed by atoms with Crippen molar-refractivity contribution in [1.82, 2.24) is 0 Å². The molecule has 4 nitrogen and oxygen atoms in total. The van der Waals surface area contributed by atoms with E-state index in [0.717, 1.165) is 28.7 Å². The normalized spacial score (nSPS) is 11.4. The molecule has 2 aromatic carbocycles. The highest BCUT2D eigenvalue weighted by molar-refractivity contribution is 7.00. The summed E-state index contributed by atoms with van der Waals surface area (Å²) in [5, 5.41) is 0. The molecule has 2 atom stereocenters. The SMILES string of the molecule is Cc1cc(C)c(C(=O)C(C(=O)OCCC(C)C)c2ccccc2)c(C)c1C.O=[PH2+]. The van der Waals surface area contributed by atoms with Crippen molar-refractivity contribution < 1.29 is 18.9 Å². The predicted octanol–water partition coefficient (Wildman–Crippen LogP) is 5.68. The Morgan fingerprint density at radius 3 is 2.07 bits per heavy atom. The zero-order chi connectivity index (χ0) is 22.1. The molecule has 0 heterocycles. The number of carbonyl (C=O) groups is 2. The summed E-state index contributed by atoms with van der Waals surface area (Å²) in [6.07, 6.45) is 0.781. The molecule has 0 aliphatic heterocycles. The molecule has 0 aromatic heterocycles. The van der Waals surface area contributed by atoms with E-state index in [1.807, 2.05) is 64.1 Å². The fourth-order valence-electron chi connectivity index (χ4n) is 3.33. The maximum Gasteiger partial charge on any atom is 0.321 e. The second kappa shape index (κ2) is 11.6. The molecule has 0 aliphatic carbocycles. The molecule has 29 heavy (non-hydrogen) atoms. The Hall–Kier alpha value is -2.32. The second-order valence-corrected chi connectivity index (χ2v) is 7.69. The van der Waals surface area contributed by atoms with Crippen LogP contribution < -0.4 is 0 Å². The standard InChI is InChI=1S/C24H30O3.H2OP/c1-15(2)12-13-27-24(26)22(20-10-8-7-9-11-20)23(25)21-17(4)14-16(3)18(5)19(21)6;1-2/h7-11,14-15,22H,12-13H2,1-6H3;2H2/q;+1. The molecule has 0 aliphatic rings. The van der Waals surface area contributed by atoms with Gasteiger partial charge in [0.1, 0.15) is 5.92 Å². The van der Waals surface area contributed by atoms with Gasteiger partial charge in [0.05, 0.1) is 6.61 Å². The van der Waals surface area contributed by atoms with E-state index in [9.17, 15) is 9.59 Å². The van der Waals surface area contributed by atoms with Gasteiger partial charge >= 0.3 is 15.1 Å². The molecule has 0 saturated carbocycles. The zero-order valence-corrected chi connectivity index (χ0v) is 19.4. The van der Waals surface area contributed by atoms with Crippen LogP contribution in [0.2, 0.25) is 0 Å². The minimum atomic E-state index is -0.933. The summed E-state index contributed by atoms with van der Waals surface area (Å²) < 4.78 is 13.7. The van der Waals surface area contributed by atoms with Gasteiger partial charge in [0.25, 0.3) is 0 Å². The topological polar surface area (TPSA) is 60.4 Å². The average Bonchev–Trinajstić information content (AvgIpc) is 2.68. The highest BCUT2D eigenvalue weighted by Gasteiger charge is 2.33. The molecule has 5 heteroatoms. The van der Waals surface area contributed by atoms with Crippen LogP contribution in [0, 0.1) is 33.6 Å². The third-order valence-electron chi connectivity index (χ3n) is 5.17. The molecule has 0 bridgehead atoms. The van der Waals surface area contributed by atoms with Crippen molar-refractivity contribution >= 4 is 20.9 Å². The largest absolute Gasteiger partial charge is 0.465 e. The van der Waals surface area contributed by atoms with Crippen LogP contribution in [0.1, 0.15) is 64.4 Å². The van der Waals surface area contributed by atoms with Crippen LogP contribution in [0.3, 0.4) is 0 Å². The molecule has 0 radical (unpaired) electrons. The van der Waals surface area contributed by atoms with Crippen molar-refractivity contribution in [2.75, 3.05) is 6.61 Å². The number of hydrogen-bond donors (Lipinski definition) is 0. The quantitative estimate of drug-likeness (QED) is 0.252. The maximum atomic E-state index is 13.5. The summed E-state index contributed by atoms with van der Waals surface area (Å²) in [5.41, 5.74) is 5.38. The molecule has 2 aromatic rings. The molecule has 2 unspecified atom stereocenters. The first-order valence-corrected chi connectivity index (χ1v) is 10.3. The van der Waals surface area contributed by atoms with Gasteiger partial charge in [-0.3, -0.25) is 9.59 Å². The summed E-state index contributed by atoms with van der Waals surface area (Å²) in [5.74, 6) is -1.15. The van der Waals surface area contributed by atoms with Gasteiger partial charge in [0.2, 0.25) is 0 Å². The second-order valence-electron chi connectivity index (χ2n) is 7.69. The fraction of sp³-hybridized carbons (Fsp3) is 0.417. The van der Waals surface area contributed by atoms with Crippen LogP contribution in [0.5, 0.6) is 0 Å². The van der Waals surface area contributed by atoms with Gasteiger partial charge in [-0.05, 0) is 67.9 Å². The Labute approximate surface area is 176 Å². The first-order chi connectivity index (χ1) is 13.7. The van der Waals surface area contributed by atoms with Crippen molar-refractivity contribution in [3.8, 4) is 0 Å². The zero-order valence-electron chi connectivity index (χ0n) is 18.2. The van der Waals surface area contributed by atoms with Crippen molar-refractivity contribution in [3.63, 3.8) is 0 Å². The lowest BCUT2D eigenvalue weighted by Gasteiger charge is -2.20. The fourth-order valence-corrected chi connectivity index (χ4v) is 3.33. The lowest BCUT2D eigenvalue weighted by molar-refractivity contribution is -0.144. The number of rotatable bonds is 7. The van der Waals surface area contributed by atoms with Crippen LogP contribution in [0.25, 0.3) is 0 Å². The molecule has 2 rings (SSSR count). The minimum absolute atomic E-state index is 0.186. The van der Waals surface area contributed by atoms with E-state index < -0.39 is 11.9 Å². The van der Waals surface area contributed by atoms with Gasteiger partial charge in [-0.25, -0.2) is 0 Å². The maximum absolute atomic E-state index is 13.5. The number of benzene rings is 2. The molecule has 0 spiro atoms.